The van der Waals surface area contributed by atoms with E-state index in [-0.39, 0.29) is 11.6 Å². The molecular weight excluding hydrogens is 340 g/mol. The maximum Gasteiger partial charge on any atom is 0.268 e. The molecule has 8 nitrogen and oxygen atoms in total. The zero-order valence-corrected chi connectivity index (χ0v) is 14.6. The van der Waals surface area contributed by atoms with E-state index in [1.54, 1.807) is 5.38 Å². The van der Waals surface area contributed by atoms with Crippen LogP contribution >= 0.6 is 11.3 Å². The van der Waals surface area contributed by atoms with Crippen LogP contribution in [0.3, 0.4) is 0 Å². The van der Waals surface area contributed by atoms with Gasteiger partial charge in [-0.05, 0) is 18.9 Å². The second kappa shape index (κ2) is 6.47. The summed E-state index contributed by atoms with van der Waals surface area (Å²) in [5, 5.41) is 10.0. The molecule has 0 radical (unpaired) electrons. The van der Waals surface area contributed by atoms with Gasteiger partial charge in [-0.2, -0.15) is 5.10 Å². The number of rotatable bonds is 5. The van der Waals surface area contributed by atoms with Crippen molar-refractivity contribution in [3.63, 3.8) is 0 Å². The van der Waals surface area contributed by atoms with Gasteiger partial charge in [0.25, 0.3) is 5.91 Å². The molecule has 1 fully saturated rings. The number of hydrogen-bond acceptors (Lipinski definition) is 6. The smallest absolute Gasteiger partial charge is 0.268 e. The van der Waals surface area contributed by atoms with E-state index in [1.807, 2.05) is 15.6 Å². The summed E-state index contributed by atoms with van der Waals surface area (Å²) in [5.41, 5.74) is 7.42. The molecule has 132 valence electrons. The Morgan fingerprint density at radius 2 is 2.20 bits per heavy atom. The highest BCUT2D eigenvalue weighted by atomic mass is 32.1. The number of carbonyl (C=O) groups is 2. The second-order valence-corrected chi connectivity index (χ2v) is 7.35. The van der Waals surface area contributed by atoms with Crippen LogP contribution < -0.4 is 11.1 Å². The Balaban J connectivity index is 1.38. The van der Waals surface area contributed by atoms with E-state index >= 15 is 0 Å². The van der Waals surface area contributed by atoms with Crippen molar-refractivity contribution in [2.45, 2.75) is 38.9 Å². The molecule has 9 heteroatoms. The van der Waals surface area contributed by atoms with E-state index in [1.165, 1.54) is 17.8 Å². The lowest BCUT2D eigenvalue weighted by molar-refractivity contribution is -0.139. The molecule has 2 aromatic rings. The molecule has 0 saturated heterocycles. The van der Waals surface area contributed by atoms with Crippen LogP contribution in [0.5, 0.6) is 0 Å². The van der Waals surface area contributed by atoms with Gasteiger partial charge in [-0.15, -0.1) is 11.3 Å². The number of nitrogens with one attached hydrogen (secondary N) is 1. The van der Waals surface area contributed by atoms with Crippen LogP contribution in [-0.4, -0.2) is 38.0 Å². The van der Waals surface area contributed by atoms with Gasteiger partial charge in [-0.1, -0.05) is 6.42 Å². The third-order valence-corrected chi connectivity index (χ3v) is 5.59. The van der Waals surface area contributed by atoms with Gasteiger partial charge in [-0.3, -0.25) is 14.3 Å². The van der Waals surface area contributed by atoms with Gasteiger partial charge >= 0.3 is 0 Å². The molecule has 0 bridgehead atoms. The normalized spacial score (nSPS) is 17.0. The van der Waals surface area contributed by atoms with Gasteiger partial charge in [0.1, 0.15) is 5.69 Å². The predicted molar refractivity (Wildman–Crippen MR) is 92.9 cm³/mol. The molecule has 1 saturated carbocycles. The minimum atomic E-state index is -0.530. The molecule has 0 unspecified atom stereocenters. The predicted octanol–water partition coefficient (Wildman–Crippen LogP) is 1.19. The van der Waals surface area contributed by atoms with E-state index in [4.69, 9.17) is 5.73 Å². The van der Waals surface area contributed by atoms with Gasteiger partial charge in [0.05, 0.1) is 31.0 Å². The van der Waals surface area contributed by atoms with Gasteiger partial charge in [0.2, 0.25) is 5.91 Å². The minimum Gasteiger partial charge on any atom is -0.364 e. The fourth-order valence-corrected chi connectivity index (χ4v) is 3.85. The van der Waals surface area contributed by atoms with Crippen molar-refractivity contribution in [3.05, 3.63) is 28.5 Å². The summed E-state index contributed by atoms with van der Waals surface area (Å²) in [5.74, 6) is -0.00178. The van der Waals surface area contributed by atoms with Crippen LogP contribution in [0.25, 0.3) is 0 Å². The highest BCUT2D eigenvalue weighted by molar-refractivity contribution is 7.13. The maximum absolute atomic E-state index is 12.4. The minimum absolute atomic E-state index is 0.236. The van der Waals surface area contributed by atoms with Gasteiger partial charge in [0.15, 0.2) is 5.13 Å². The summed E-state index contributed by atoms with van der Waals surface area (Å²) in [6.45, 7) is 2.61. The highest BCUT2D eigenvalue weighted by Crippen LogP contribution is 2.29. The molecule has 4 rings (SSSR count). The summed E-state index contributed by atoms with van der Waals surface area (Å²) in [6.07, 6.45) is 3.24. The monoisotopic (exact) mass is 360 g/mol. The lowest BCUT2D eigenvalue weighted by atomic mass is 9.84. The number of fused-ring (bicyclic) bond motifs is 1. The van der Waals surface area contributed by atoms with Crippen molar-refractivity contribution in [1.82, 2.24) is 19.7 Å². The molecule has 1 aliphatic heterocycles. The van der Waals surface area contributed by atoms with Gasteiger partial charge in [0, 0.05) is 17.8 Å². The summed E-state index contributed by atoms with van der Waals surface area (Å²) in [6, 6.07) is 2.02. The number of nitrogens with zero attached hydrogens (tertiary/aromatic N) is 4. The van der Waals surface area contributed by atoms with Crippen molar-refractivity contribution in [2.24, 2.45) is 11.7 Å². The van der Waals surface area contributed by atoms with Crippen LogP contribution in [0.1, 0.15) is 41.1 Å². The van der Waals surface area contributed by atoms with Crippen LogP contribution in [0.2, 0.25) is 0 Å². The number of amides is 2. The lowest BCUT2D eigenvalue weighted by Gasteiger charge is -2.34. The van der Waals surface area contributed by atoms with E-state index in [2.05, 4.69) is 15.4 Å². The number of nitrogens with two attached hydrogens (primary N) is 1. The van der Waals surface area contributed by atoms with Crippen molar-refractivity contribution in [1.29, 1.82) is 0 Å². The first-order chi connectivity index (χ1) is 12.1. The third-order valence-electron chi connectivity index (χ3n) is 4.79. The quantitative estimate of drug-likeness (QED) is 0.833. The van der Waals surface area contributed by atoms with Crippen LogP contribution in [0, 0.1) is 5.92 Å². The lowest BCUT2D eigenvalue weighted by Crippen LogP contribution is -2.43. The average Bonchev–Trinajstić information content (AvgIpc) is 3.17. The molecule has 2 aliphatic rings. The molecule has 0 aromatic carbocycles. The van der Waals surface area contributed by atoms with Crippen LogP contribution in [0.4, 0.5) is 5.13 Å². The molecule has 2 aromatic heterocycles. The van der Waals surface area contributed by atoms with Crippen molar-refractivity contribution >= 4 is 28.3 Å². The fourth-order valence-electron chi connectivity index (χ4n) is 3.15. The Kier molecular flexibility index (Phi) is 4.16. The third kappa shape index (κ3) is 3.23. The van der Waals surface area contributed by atoms with Crippen molar-refractivity contribution in [2.75, 3.05) is 11.9 Å². The number of thiazole rings is 1. The second-order valence-electron chi connectivity index (χ2n) is 6.49. The average molecular weight is 360 g/mol. The largest absolute Gasteiger partial charge is 0.364 e. The Bertz CT molecular complexity index is 809. The van der Waals surface area contributed by atoms with Crippen molar-refractivity contribution in [3.8, 4) is 0 Å². The zero-order chi connectivity index (χ0) is 17.4. The van der Waals surface area contributed by atoms with E-state index in [9.17, 15) is 9.59 Å². The standard InChI is InChI=1S/C16H20N6O2S/c17-14(23)13-9-25-16(19-13)18-7-11-6-12-8-21(4-5-22(12)20-11)15(24)10-2-1-3-10/h6,9-10H,1-5,7-8H2,(H2,17,23)(H,18,19). The Morgan fingerprint density at radius 3 is 2.88 bits per heavy atom. The molecule has 0 spiro atoms. The van der Waals surface area contributed by atoms with E-state index in [0.29, 0.717) is 24.1 Å². The Labute approximate surface area is 149 Å². The summed E-state index contributed by atoms with van der Waals surface area (Å²) in [7, 11) is 0. The van der Waals surface area contributed by atoms with E-state index in [0.717, 1.165) is 37.3 Å². The van der Waals surface area contributed by atoms with Gasteiger partial charge in [-0.25, -0.2) is 4.98 Å². The Hall–Kier alpha value is -2.42. The maximum atomic E-state index is 12.4. The first-order valence-corrected chi connectivity index (χ1v) is 9.31. The fraction of sp³-hybridized carbons (Fsp3) is 0.500. The highest BCUT2D eigenvalue weighted by Gasteiger charge is 2.31. The number of hydrogen-bond donors (Lipinski definition) is 2. The molecule has 3 heterocycles. The SMILES string of the molecule is NC(=O)c1csc(NCc2cc3n(n2)CCN(C(=O)C2CCC2)C3)n1. The first-order valence-electron chi connectivity index (χ1n) is 8.44. The Morgan fingerprint density at radius 1 is 1.36 bits per heavy atom. The number of primary amides is 1. The van der Waals surface area contributed by atoms with Crippen molar-refractivity contribution < 1.29 is 9.59 Å². The zero-order valence-electron chi connectivity index (χ0n) is 13.8. The summed E-state index contributed by atoms with van der Waals surface area (Å²) < 4.78 is 1.97. The molecule has 0 atom stereocenters. The molecule has 2 amide bonds. The molecule has 25 heavy (non-hydrogen) atoms. The first kappa shape index (κ1) is 16.1. The summed E-state index contributed by atoms with van der Waals surface area (Å²) >= 11 is 1.34. The number of carbonyl (C=O) groups excluding carboxylic acids is 2. The molecule has 1 aliphatic carbocycles. The summed E-state index contributed by atoms with van der Waals surface area (Å²) in [4.78, 5) is 29.6. The van der Waals surface area contributed by atoms with Crippen LogP contribution in [-0.2, 0) is 24.4 Å². The molecular formula is C16H20N6O2S. The topological polar surface area (TPSA) is 106 Å². The number of anilines is 1. The number of aromatic nitrogens is 3. The van der Waals surface area contributed by atoms with Gasteiger partial charge < -0.3 is 16.0 Å². The molecule has 3 N–H and O–H groups in total. The van der Waals surface area contributed by atoms with E-state index < -0.39 is 5.91 Å². The van der Waals surface area contributed by atoms with Crippen LogP contribution in [0.15, 0.2) is 11.4 Å².